The van der Waals surface area contributed by atoms with Gasteiger partial charge in [0.2, 0.25) is 0 Å². The molecular formula is C14H14ClF3N2O. The van der Waals surface area contributed by atoms with E-state index in [4.69, 9.17) is 16.9 Å². The Hall–Kier alpha value is -1.45. The predicted octanol–water partition coefficient (Wildman–Crippen LogP) is 3.49. The first-order chi connectivity index (χ1) is 9.75. The summed E-state index contributed by atoms with van der Waals surface area (Å²) < 4.78 is 38.3. The van der Waals surface area contributed by atoms with Crippen LogP contribution in [0.1, 0.15) is 25.3 Å². The molecule has 1 aliphatic heterocycles. The lowest BCUT2D eigenvalue weighted by molar-refractivity contribution is -0.209. The van der Waals surface area contributed by atoms with Crippen molar-refractivity contribution in [3.05, 3.63) is 28.8 Å². The van der Waals surface area contributed by atoms with E-state index in [-0.39, 0.29) is 23.0 Å². The summed E-state index contributed by atoms with van der Waals surface area (Å²) in [4.78, 5) is 1.53. The lowest BCUT2D eigenvalue weighted by Gasteiger charge is -2.34. The van der Waals surface area contributed by atoms with Crippen LogP contribution in [0.3, 0.4) is 0 Å². The molecule has 0 aromatic heterocycles. The van der Waals surface area contributed by atoms with Gasteiger partial charge >= 0.3 is 6.18 Å². The Bertz CT molecular complexity index is 570. The molecule has 0 amide bonds. The fraction of sp³-hybridized carbons (Fsp3) is 0.500. The molecule has 21 heavy (non-hydrogen) atoms. The van der Waals surface area contributed by atoms with Gasteiger partial charge in [0, 0.05) is 11.7 Å². The van der Waals surface area contributed by atoms with Crippen LogP contribution in [0, 0.1) is 11.3 Å². The minimum absolute atomic E-state index is 0.143. The van der Waals surface area contributed by atoms with E-state index >= 15 is 0 Å². The topological polar surface area (TPSA) is 47.3 Å². The zero-order chi connectivity index (χ0) is 15.8. The third-order valence-electron chi connectivity index (χ3n) is 3.78. The van der Waals surface area contributed by atoms with Crippen molar-refractivity contribution in [3.63, 3.8) is 0 Å². The van der Waals surface area contributed by atoms with Gasteiger partial charge in [-0.15, -0.1) is 0 Å². The number of nitrogens with zero attached hydrogens (tertiary/aromatic N) is 2. The Morgan fingerprint density at radius 2 is 2.10 bits per heavy atom. The maximum absolute atomic E-state index is 12.8. The van der Waals surface area contributed by atoms with Crippen molar-refractivity contribution < 1.29 is 18.3 Å². The zero-order valence-corrected chi connectivity index (χ0v) is 12.0. The molecule has 0 bridgehead atoms. The highest BCUT2D eigenvalue weighted by atomic mass is 35.5. The standard InChI is InChI=1S/C14H14ClF3N2O/c1-8-2-5-12(13(21)14(16,17)18)20(8)10-4-3-9(7-19)11(15)6-10/h3-4,6,8,12-13,21H,2,5H2,1H3/t8-,12-,13+/m1/s1. The van der Waals surface area contributed by atoms with Gasteiger partial charge in [-0.3, -0.25) is 0 Å². The van der Waals surface area contributed by atoms with E-state index in [2.05, 4.69) is 0 Å². The van der Waals surface area contributed by atoms with Crippen molar-refractivity contribution in [2.75, 3.05) is 4.90 Å². The van der Waals surface area contributed by atoms with E-state index < -0.39 is 18.3 Å². The van der Waals surface area contributed by atoms with Gasteiger partial charge in [-0.1, -0.05) is 11.6 Å². The third kappa shape index (κ3) is 3.09. The second kappa shape index (κ2) is 5.74. The lowest BCUT2D eigenvalue weighted by Crippen LogP contribution is -2.48. The smallest absolute Gasteiger partial charge is 0.382 e. The quantitative estimate of drug-likeness (QED) is 0.908. The van der Waals surface area contributed by atoms with E-state index in [0.29, 0.717) is 12.1 Å². The van der Waals surface area contributed by atoms with Gasteiger partial charge in [0.05, 0.1) is 16.6 Å². The highest BCUT2D eigenvalue weighted by molar-refractivity contribution is 6.32. The minimum Gasteiger partial charge on any atom is -0.382 e. The molecule has 1 aromatic rings. The van der Waals surface area contributed by atoms with E-state index in [1.165, 1.54) is 17.0 Å². The average molecular weight is 319 g/mol. The Balaban J connectivity index is 2.35. The lowest BCUT2D eigenvalue weighted by atomic mass is 10.1. The number of halogens is 4. The summed E-state index contributed by atoms with van der Waals surface area (Å²) in [5.41, 5.74) is 0.748. The summed E-state index contributed by atoms with van der Waals surface area (Å²) in [5.74, 6) is 0. The van der Waals surface area contributed by atoms with E-state index in [9.17, 15) is 18.3 Å². The van der Waals surface area contributed by atoms with E-state index in [1.807, 2.05) is 6.07 Å². The van der Waals surface area contributed by atoms with Crippen LogP contribution >= 0.6 is 11.6 Å². The molecule has 1 saturated heterocycles. The van der Waals surface area contributed by atoms with Gasteiger partial charge in [0.1, 0.15) is 6.07 Å². The molecule has 2 rings (SSSR count). The summed E-state index contributed by atoms with van der Waals surface area (Å²) >= 11 is 5.94. The van der Waals surface area contributed by atoms with Crippen LogP contribution in [0.25, 0.3) is 0 Å². The third-order valence-corrected chi connectivity index (χ3v) is 4.10. The zero-order valence-electron chi connectivity index (χ0n) is 11.2. The van der Waals surface area contributed by atoms with E-state index in [0.717, 1.165) is 0 Å². The number of hydrogen-bond donors (Lipinski definition) is 1. The molecule has 0 radical (unpaired) electrons. The van der Waals surface area contributed by atoms with Gasteiger partial charge in [-0.25, -0.2) is 0 Å². The first-order valence-electron chi connectivity index (χ1n) is 6.48. The molecule has 1 heterocycles. The molecule has 1 N–H and O–H groups in total. The maximum Gasteiger partial charge on any atom is 0.416 e. The van der Waals surface area contributed by atoms with Gasteiger partial charge in [0.25, 0.3) is 0 Å². The largest absolute Gasteiger partial charge is 0.416 e. The molecule has 1 aromatic carbocycles. The summed E-state index contributed by atoms with van der Waals surface area (Å²) in [5, 5.41) is 18.6. The first-order valence-corrected chi connectivity index (χ1v) is 6.86. The van der Waals surface area contributed by atoms with E-state index in [1.54, 1.807) is 13.0 Å². The van der Waals surface area contributed by atoms with Crippen molar-refractivity contribution in [2.24, 2.45) is 0 Å². The number of benzene rings is 1. The highest BCUT2D eigenvalue weighted by Gasteiger charge is 2.48. The number of aliphatic hydroxyl groups excluding tert-OH is 1. The van der Waals surface area contributed by atoms with Crippen LogP contribution in [-0.2, 0) is 0 Å². The number of alkyl halides is 3. The van der Waals surface area contributed by atoms with Crippen LogP contribution in [0.15, 0.2) is 18.2 Å². The summed E-state index contributed by atoms with van der Waals surface area (Å²) in [6.07, 6.45) is -6.27. The Kier molecular flexibility index (Phi) is 4.35. The monoisotopic (exact) mass is 318 g/mol. The number of anilines is 1. The molecule has 0 unspecified atom stereocenters. The number of aliphatic hydroxyl groups is 1. The van der Waals surface area contributed by atoms with Crippen LogP contribution in [-0.4, -0.2) is 29.5 Å². The first kappa shape index (κ1) is 15.9. The van der Waals surface area contributed by atoms with Gasteiger partial charge < -0.3 is 10.0 Å². The van der Waals surface area contributed by atoms with Crippen molar-refractivity contribution in [3.8, 4) is 6.07 Å². The summed E-state index contributed by atoms with van der Waals surface area (Å²) in [6.45, 7) is 1.80. The molecule has 114 valence electrons. The van der Waals surface area contributed by atoms with Crippen LogP contribution in [0.5, 0.6) is 0 Å². The minimum atomic E-state index is -4.66. The van der Waals surface area contributed by atoms with Crippen LogP contribution in [0.2, 0.25) is 5.02 Å². The van der Waals surface area contributed by atoms with Crippen molar-refractivity contribution in [1.82, 2.24) is 0 Å². The molecule has 7 heteroatoms. The molecule has 0 aliphatic carbocycles. The molecular weight excluding hydrogens is 305 g/mol. The molecule has 3 atom stereocenters. The fourth-order valence-electron chi connectivity index (χ4n) is 2.75. The predicted molar refractivity (Wildman–Crippen MR) is 73.2 cm³/mol. The summed E-state index contributed by atoms with van der Waals surface area (Å²) in [6, 6.07) is 5.22. The molecule has 1 aliphatic rings. The fourth-order valence-corrected chi connectivity index (χ4v) is 2.96. The molecule has 0 spiro atoms. The SMILES string of the molecule is C[C@@H]1CC[C@H]([C@H](O)C(F)(F)F)N1c1ccc(C#N)c(Cl)c1. The molecule has 1 fully saturated rings. The second-order valence-electron chi connectivity index (χ2n) is 5.16. The summed E-state index contributed by atoms with van der Waals surface area (Å²) in [7, 11) is 0. The van der Waals surface area contributed by atoms with Gasteiger partial charge in [-0.2, -0.15) is 18.4 Å². The van der Waals surface area contributed by atoms with Crippen molar-refractivity contribution in [1.29, 1.82) is 5.26 Å². The second-order valence-corrected chi connectivity index (χ2v) is 5.57. The van der Waals surface area contributed by atoms with Crippen molar-refractivity contribution in [2.45, 2.75) is 44.1 Å². The van der Waals surface area contributed by atoms with Crippen LogP contribution in [0.4, 0.5) is 18.9 Å². The Morgan fingerprint density at radius 3 is 2.62 bits per heavy atom. The molecule has 3 nitrogen and oxygen atoms in total. The maximum atomic E-state index is 12.8. The average Bonchev–Trinajstić information content (AvgIpc) is 2.78. The Labute approximate surface area is 125 Å². The number of hydrogen-bond acceptors (Lipinski definition) is 3. The number of nitriles is 1. The van der Waals surface area contributed by atoms with Crippen LogP contribution < -0.4 is 4.90 Å². The van der Waals surface area contributed by atoms with Gasteiger partial charge in [0.15, 0.2) is 6.10 Å². The highest BCUT2D eigenvalue weighted by Crippen LogP contribution is 2.37. The molecule has 0 saturated carbocycles. The number of rotatable bonds is 2. The normalized spacial score (nSPS) is 24.0. The van der Waals surface area contributed by atoms with Crippen molar-refractivity contribution >= 4 is 17.3 Å². The van der Waals surface area contributed by atoms with Gasteiger partial charge in [-0.05, 0) is 38.0 Å². The Morgan fingerprint density at radius 1 is 1.43 bits per heavy atom.